The highest BCUT2D eigenvalue weighted by Gasteiger charge is 2.08. The van der Waals surface area contributed by atoms with Gasteiger partial charge < -0.3 is 9.15 Å². The van der Waals surface area contributed by atoms with E-state index in [-0.39, 0.29) is 17.1 Å². The Labute approximate surface area is 68.8 Å². The topological polar surface area (TPSA) is 56.5 Å². The Morgan fingerprint density at radius 2 is 2.25 bits per heavy atom. The zero-order chi connectivity index (χ0) is 9.14. The van der Waals surface area contributed by atoms with E-state index >= 15 is 0 Å². The van der Waals surface area contributed by atoms with Gasteiger partial charge in [-0.1, -0.05) is 0 Å². The number of Topliss-reactive ketones (excluding diaryl/α,β-unsaturated/α-hetero) is 1. The Kier molecular flexibility index (Phi) is 2.28. The molecule has 1 heterocycles. The molecular weight excluding hydrogens is 160 g/mol. The second-order valence-corrected chi connectivity index (χ2v) is 2.24. The molecule has 1 aromatic heterocycles. The second kappa shape index (κ2) is 3.21. The predicted molar refractivity (Wildman–Crippen MR) is 41.5 cm³/mol. The molecular formula is C8H8O4. The van der Waals surface area contributed by atoms with E-state index in [1.54, 1.807) is 0 Å². The summed E-state index contributed by atoms with van der Waals surface area (Å²) in [6, 6.07) is 1.14. The van der Waals surface area contributed by atoms with Gasteiger partial charge in [-0.3, -0.25) is 4.79 Å². The highest BCUT2D eigenvalue weighted by molar-refractivity contribution is 5.96. The number of ketones is 1. The Balaban J connectivity index is 3.29. The van der Waals surface area contributed by atoms with E-state index in [1.807, 2.05) is 0 Å². The minimum absolute atomic E-state index is 0.199. The largest absolute Gasteiger partial charge is 0.496 e. The molecule has 0 aliphatic carbocycles. The van der Waals surface area contributed by atoms with Crippen molar-refractivity contribution in [3.8, 4) is 5.75 Å². The van der Waals surface area contributed by atoms with Crippen LogP contribution in [0.3, 0.4) is 0 Å². The molecule has 0 aromatic carbocycles. The van der Waals surface area contributed by atoms with Crippen LogP contribution in [0.25, 0.3) is 0 Å². The van der Waals surface area contributed by atoms with Crippen LogP contribution < -0.4 is 10.4 Å². The van der Waals surface area contributed by atoms with Gasteiger partial charge in [-0.05, 0) is 6.92 Å². The van der Waals surface area contributed by atoms with Crippen molar-refractivity contribution in [3.63, 3.8) is 0 Å². The monoisotopic (exact) mass is 168 g/mol. The van der Waals surface area contributed by atoms with Crippen molar-refractivity contribution in [2.75, 3.05) is 7.11 Å². The van der Waals surface area contributed by atoms with E-state index in [0.29, 0.717) is 0 Å². The third kappa shape index (κ3) is 1.53. The van der Waals surface area contributed by atoms with Gasteiger partial charge in [0.25, 0.3) is 0 Å². The van der Waals surface area contributed by atoms with Crippen molar-refractivity contribution in [2.45, 2.75) is 6.92 Å². The van der Waals surface area contributed by atoms with Crippen LogP contribution in [0.1, 0.15) is 17.3 Å². The molecule has 0 saturated carbocycles. The number of methoxy groups -OCH3 is 1. The van der Waals surface area contributed by atoms with Gasteiger partial charge in [-0.15, -0.1) is 0 Å². The maximum atomic E-state index is 10.9. The summed E-state index contributed by atoms with van der Waals surface area (Å²) in [5.41, 5.74) is -0.256. The van der Waals surface area contributed by atoms with Crippen molar-refractivity contribution in [1.29, 1.82) is 0 Å². The molecule has 64 valence electrons. The van der Waals surface area contributed by atoms with Crippen LogP contribution in [0, 0.1) is 0 Å². The third-order valence-electron chi connectivity index (χ3n) is 1.41. The molecule has 0 aliphatic rings. The van der Waals surface area contributed by atoms with Crippen LogP contribution >= 0.6 is 0 Å². The molecule has 1 aromatic rings. The average molecular weight is 168 g/mol. The summed E-state index contributed by atoms with van der Waals surface area (Å²) in [5, 5.41) is 0. The lowest BCUT2D eigenvalue weighted by atomic mass is 10.2. The Morgan fingerprint density at radius 3 is 2.75 bits per heavy atom. The molecule has 0 aliphatic heterocycles. The van der Waals surface area contributed by atoms with E-state index in [4.69, 9.17) is 4.74 Å². The number of carbonyl (C=O) groups excluding carboxylic acids is 1. The van der Waals surface area contributed by atoms with Crippen LogP contribution in [0.5, 0.6) is 5.75 Å². The minimum atomic E-state index is -0.531. The molecule has 0 N–H and O–H groups in total. The number of carbonyl (C=O) groups is 1. The minimum Gasteiger partial charge on any atom is -0.496 e. The first kappa shape index (κ1) is 8.52. The van der Waals surface area contributed by atoms with E-state index in [1.165, 1.54) is 14.0 Å². The predicted octanol–water partition coefficient (Wildman–Crippen LogP) is 0.851. The van der Waals surface area contributed by atoms with Crippen molar-refractivity contribution >= 4 is 5.78 Å². The molecule has 0 saturated heterocycles. The standard InChI is InChI=1S/C8H8O4/c1-5(9)6-4-12-8(10)3-7(6)11-2/h3-4H,1-2H3. The van der Waals surface area contributed by atoms with Crippen molar-refractivity contribution in [3.05, 3.63) is 28.3 Å². The lowest BCUT2D eigenvalue weighted by Gasteiger charge is -2.01. The summed E-state index contributed by atoms with van der Waals surface area (Å²) in [5.74, 6) is 0.0503. The van der Waals surface area contributed by atoms with Crippen LogP contribution in [0.15, 0.2) is 21.5 Å². The summed E-state index contributed by atoms with van der Waals surface area (Å²) in [7, 11) is 1.39. The first-order valence-corrected chi connectivity index (χ1v) is 3.33. The van der Waals surface area contributed by atoms with Gasteiger partial charge in [-0.2, -0.15) is 0 Å². The molecule has 0 spiro atoms. The van der Waals surface area contributed by atoms with Crippen LogP contribution in [0.4, 0.5) is 0 Å². The zero-order valence-electron chi connectivity index (χ0n) is 6.79. The van der Waals surface area contributed by atoms with Gasteiger partial charge >= 0.3 is 5.63 Å². The fourth-order valence-corrected chi connectivity index (χ4v) is 0.819. The summed E-state index contributed by atoms with van der Waals surface area (Å²) >= 11 is 0. The highest BCUT2D eigenvalue weighted by Crippen LogP contribution is 2.14. The van der Waals surface area contributed by atoms with Crippen molar-refractivity contribution in [1.82, 2.24) is 0 Å². The lowest BCUT2D eigenvalue weighted by Crippen LogP contribution is -2.03. The number of rotatable bonds is 2. The molecule has 0 amide bonds. The van der Waals surface area contributed by atoms with Crippen LogP contribution in [-0.4, -0.2) is 12.9 Å². The Morgan fingerprint density at radius 1 is 1.58 bits per heavy atom. The van der Waals surface area contributed by atoms with Gasteiger partial charge in [0.1, 0.15) is 12.0 Å². The summed E-state index contributed by atoms with van der Waals surface area (Å²) < 4.78 is 9.31. The fraction of sp³-hybridized carbons (Fsp3) is 0.250. The molecule has 0 bridgehead atoms. The van der Waals surface area contributed by atoms with Gasteiger partial charge in [0.15, 0.2) is 5.78 Å². The Hall–Kier alpha value is -1.58. The molecule has 12 heavy (non-hydrogen) atoms. The quantitative estimate of drug-likeness (QED) is 0.614. The molecule has 4 nitrogen and oxygen atoms in total. The van der Waals surface area contributed by atoms with Crippen LogP contribution in [0.2, 0.25) is 0 Å². The SMILES string of the molecule is COc1cc(=O)occ1C(C)=O. The highest BCUT2D eigenvalue weighted by atomic mass is 16.5. The fourth-order valence-electron chi connectivity index (χ4n) is 0.819. The lowest BCUT2D eigenvalue weighted by molar-refractivity contribution is 0.101. The molecule has 0 radical (unpaired) electrons. The summed E-state index contributed by atoms with van der Waals surface area (Å²) in [4.78, 5) is 21.6. The molecule has 4 heteroatoms. The van der Waals surface area contributed by atoms with Gasteiger partial charge in [0.2, 0.25) is 0 Å². The van der Waals surface area contributed by atoms with Crippen molar-refractivity contribution < 1.29 is 13.9 Å². The van der Waals surface area contributed by atoms with E-state index < -0.39 is 5.63 Å². The third-order valence-corrected chi connectivity index (χ3v) is 1.41. The molecule has 0 atom stereocenters. The van der Waals surface area contributed by atoms with Crippen molar-refractivity contribution in [2.24, 2.45) is 0 Å². The van der Waals surface area contributed by atoms with Gasteiger partial charge in [0.05, 0.1) is 18.7 Å². The van der Waals surface area contributed by atoms with Crippen LogP contribution in [-0.2, 0) is 0 Å². The first-order valence-electron chi connectivity index (χ1n) is 3.33. The average Bonchev–Trinajstić information content (AvgIpc) is 2.03. The second-order valence-electron chi connectivity index (χ2n) is 2.24. The summed E-state index contributed by atoms with van der Waals surface area (Å²) in [6.45, 7) is 1.37. The molecule has 1 rings (SSSR count). The zero-order valence-corrected chi connectivity index (χ0v) is 6.79. The van der Waals surface area contributed by atoms with Gasteiger partial charge in [0, 0.05) is 0 Å². The number of ether oxygens (including phenoxy) is 1. The van der Waals surface area contributed by atoms with E-state index in [2.05, 4.69) is 4.42 Å². The first-order chi connectivity index (χ1) is 5.65. The Bertz CT molecular complexity index is 350. The normalized spacial score (nSPS) is 9.50. The molecule has 0 unspecified atom stereocenters. The number of hydrogen-bond donors (Lipinski definition) is 0. The summed E-state index contributed by atoms with van der Waals surface area (Å²) in [6.07, 6.45) is 1.10. The van der Waals surface area contributed by atoms with E-state index in [9.17, 15) is 9.59 Å². The maximum absolute atomic E-state index is 10.9. The van der Waals surface area contributed by atoms with E-state index in [0.717, 1.165) is 12.3 Å². The molecule has 0 fully saturated rings. The van der Waals surface area contributed by atoms with Gasteiger partial charge in [-0.25, -0.2) is 4.79 Å². The smallest absolute Gasteiger partial charge is 0.339 e. The number of hydrogen-bond acceptors (Lipinski definition) is 4. The maximum Gasteiger partial charge on any atom is 0.339 e.